The van der Waals surface area contributed by atoms with E-state index in [4.69, 9.17) is 0 Å². The number of rotatable bonds is 4. The molecule has 6 nitrogen and oxygen atoms in total. The number of hydrogen-bond acceptors (Lipinski definition) is 3. The smallest absolute Gasteiger partial charge is 0.101 e. The van der Waals surface area contributed by atoms with Crippen molar-refractivity contribution < 1.29 is 0 Å². The van der Waals surface area contributed by atoms with Gasteiger partial charge in [0.05, 0.1) is 67.6 Å². The number of hydrogen-bond donors (Lipinski definition) is 0. The lowest BCUT2D eigenvalue weighted by molar-refractivity contribution is 1.15. The van der Waals surface area contributed by atoms with E-state index < -0.39 is 0 Å². The lowest BCUT2D eigenvalue weighted by Gasteiger charge is -2.14. The molecule has 262 valence electrons. The van der Waals surface area contributed by atoms with Crippen molar-refractivity contribution in [1.82, 2.24) is 13.7 Å². The van der Waals surface area contributed by atoms with Gasteiger partial charge in [-0.05, 0) is 90.0 Å². The van der Waals surface area contributed by atoms with Crippen LogP contribution in [0.4, 0.5) is 0 Å². The van der Waals surface area contributed by atoms with Gasteiger partial charge in [0.15, 0.2) is 0 Å². The van der Waals surface area contributed by atoms with Gasteiger partial charge in [-0.2, -0.15) is 15.8 Å². The minimum Gasteiger partial charge on any atom is -0.309 e. The highest BCUT2D eigenvalue weighted by Crippen LogP contribution is 2.40. The molecule has 0 bridgehead atoms. The zero-order valence-electron chi connectivity index (χ0n) is 30.3. The molecule has 3 aromatic heterocycles. The lowest BCUT2D eigenvalue weighted by atomic mass is 9.99. The first kappa shape index (κ1) is 32.1. The van der Waals surface area contributed by atoms with Crippen LogP contribution in [0.15, 0.2) is 170 Å². The maximum absolute atomic E-state index is 10.7. The summed E-state index contributed by atoms with van der Waals surface area (Å²) < 4.78 is 6.61. The van der Waals surface area contributed by atoms with Crippen LogP contribution < -0.4 is 0 Å². The van der Waals surface area contributed by atoms with Crippen molar-refractivity contribution >= 4 is 65.4 Å². The Hall–Kier alpha value is -8.37. The fourth-order valence-corrected chi connectivity index (χ4v) is 8.89. The summed E-state index contributed by atoms with van der Waals surface area (Å²) in [6.45, 7) is 0. The van der Waals surface area contributed by atoms with E-state index in [1.165, 1.54) is 10.8 Å². The van der Waals surface area contributed by atoms with Crippen molar-refractivity contribution in [3.05, 3.63) is 187 Å². The molecule has 0 radical (unpaired) electrons. The molecule has 0 saturated heterocycles. The Bertz CT molecular complexity index is 3520. The first-order valence-corrected chi connectivity index (χ1v) is 18.7. The Morgan fingerprint density at radius 2 is 0.860 bits per heavy atom. The molecule has 0 aliphatic heterocycles. The van der Waals surface area contributed by atoms with E-state index in [2.05, 4.69) is 117 Å². The zero-order valence-corrected chi connectivity index (χ0v) is 30.3. The van der Waals surface area contributed by atoms with Gasteiger partial charge in [-0.3, -0.25) is 0 Å². The van der Waals surface area contributed by atoms with Gasteiger partial charge in [-0.25, -0.2) is 0 Å². The van der Waals surface area contributed by atoms with Crippen molar-refractivity contribution in [3.63, 3.8) is 0 Å². The van der Waals surface area contributed by atoms with Gasteiger partial charge in [-0.15, -0.1) is 0 Å². The average Bonchev–Trinajstić information content (AvgIpc) is 3.90. The molecule has 0 saturated carbocycles. The number of nitrogens with zero attached hydrogens (tertiary/aromatic N) is 6. The number of fused-ring (bicyclic) bond motifs is 9. The summed E-state index contributed by atoms with van der Waals surface area (Å²) in [5, 5.41) is 37.5. The first-order chi connectivity index (χ1) is 28.1. The molecule has 0 aliphatic rings. The van der Waals surface area contributed by atoms with Gasteiger partial charge in [0.2, 0.25) is 0 Å². The molecule has 0 unspecified atom stereocenters. The molecule has 3 heterocycles. The van der Waals surface area contributed by atoms with Crippen LogP contribution in [0.5, 0.6) is 0 Å². The van der Waals surface area contributed by atoms with Gasteiger partial charge in [0.25, 0.3) is 0 Å². The molecule has 11 rings (SSSR count). The summed E-state index contributed by atoms with van der Waals surface area (Å²) in [7, 11) is 0. The number of nitriles is 3. The summed E-state index contributed by atoms with van der Waals surface area (Å²) in [6, 6.07) is 64.7. The van der Waals surface area contributed by atoms with E-state index in [0.29, 0.717) is 16.7 Å². The minimum absolute atomic E-state index is 0.533. The third-order valence-corrected chi connectivity index (χ3v) is 11.3. The molecular formula is C51H28N6. The Labute approximate surface area is 326 Å². The quantitative estimate of drug-likeness (QED) is 0.181. The first-order valence-electron chi connectivity index (χ1n) is 18.7. The summed E-state index contributed by atoms with van der Waals surface area (Å²) >= 11 is 0. The summed E-state index contributed by atoms with van der Waals surface area (Å²) in [5.41, 5.74) is 12.0. The Morgan fingerprint density at radius 3 is 1.46 bits per heavy atom. The molecule has 0 atom stereocenters. The predicted molar refractivity (Wildman–Crippen MR) is 229 cm³/mol. The monoisotopic (exact) mass is 724 g/mol. The predicted octanol–water partition coefficient (Wildman–Crippen LogP) is 12.3. The summed E-state index contributed by atoms with van der Waals surface area (Å²) in [4.78, 5) is 0. The molecule has 57 heavy (non-hydrogen) atoms. The number of benzene rings is 8. The van der Waals surface area contributed by atoms with E-state index in [1.54, 1.807) is 0 Å². The molecule has 0 fully saturated rings. The molecule has 0 N–H and O–H groups in total. The van der Waals surface area contributed by atoms with E-state index in [9.17, 15) is 15.8 Å². The fraction of sp³-hybridized carbons (Fsp3) is 0. The van der Waals surface area contributed by atoms with Crippen molar-refractivity contribution in [1.29, 1.82) is 15.8 Å². The summed E-state index contributed by atoms with van der Waals surface area (Å²) in [6.07, 6.45) is 0. The van der Waals surface area contributed by atoms with Crippen molar-refractivity contribution in [2.45, 2.75) is 0 Å². The Morgan fingerprint density at radius 1 is 0.333 bits per heavy atom. The maximum Gasteiger partial charge on any atom is 0.101 e. The molecule has 0 aliphatic carbocycles. The third kappa shape index (κ3) is 4.68. The highest BCUT2D eigenvalue weighted by Gasteiger charge is 2.21. The second kappa shape index (κ2) is 12.3. The van der Waals surface area contributed by atoms with Gasteiger partial charge in [-0.1, -0.05) is 91.0 Å². The van der Waals surface area contributed by atoms with Crippen molar-refractivity contribution in [3.8, 4) is 46.4 Å². The fourth-order valence-electron chi connectivity index (χ4n) is 8.89. The van der Waals surface area contributed by atoms with E-state index in [-0.39, 0.29) is 0 Å². The Kier molecular flexibility index (Phi) is 6.95. The lowest BCUT2D eigenvalue weighted by Crippen LogP contribution is -2.00. The molecular weight excluding hydrogens is 697 g/mol. The average molecular weight is 725 g/mol. The zero-order chi connectivity index (χ0) is 38.2. The van der Waals surface area contributed by atoms with E-state index in [1.807, 2.05) is 84.9 Å². The van der Waals surface area contributed by atoms with Crippen LogP contribution >= 0.6 is 0 Å². The van der Waals surface area contributed by atoms with Gasteiger partial charge in [0, 0.05) is 43.7 Å². The van der Waals surface area contributed by atoms with Crippen molar-refractivity contribution in [2.75, 3.05) is 0 Å². The number of aromatic nitrogens is 3. The Balaban J connectivity index is 1.13. The second-order valence-corrected chi connectivity index (χ2v) is 14.3. The largest absolute Gasteiger partial charge is 0.309 e. The van der Waals surface area contributed by atoms with Crippen LogP contribution in [-0.4, -0.2) is 13.7 Å². The highest BCUT2D eigenvalue weighted by atomic mass is 15.0. The van der Waals surface area contributed by atoms with E-state index in [0.717, 1.165) is 82.8 Å². The van der Waals surface area contributed by atoms with Gasteiger partial charge in [0.1, 0.15) is 6.07 Å². The normalized spacial score (nSPS) is 11.5. The van der Waals surface area contributed by atoms with Crippen LogP contribution in [0.2, 0.25) is 0 Å². The second-order valence-electron chi connectivity index (χ2n) is 14.3. The van der Waals surface area contributed by atoms with E-state index >= 15 is 0 Å². The van der Waals surface area contributed by atoms with Crippen LogP contribution in [0.25, 0.3) is 93.6 Å². The maximum atomic E-state index is 10.7. The van der Waals surface area contributed by atoms with Crippen molar-refractivity contribution in [2.24, 2.45) is 0 Å². The molecule has 11 aromatic rings. The molecule has 0 spiro atoms. The van der Waals surface area contributed by atoms with Crippen LogP contribution in [0.3, 0.4) is 0 Å². The highest BCUT2D eigenvalue weighted by molar-refractivity contribution is 6.13. The molecule has 6 heteroatoms. The number of para-hydroxylation sites is 4. The molecule has 8 aromatic carbocycles. The molecule has 0 amide bonds. The van der Waals surface area contributed by atoms with Crippen LogP contribution in [0.1, 0.15) is 16.7 Å². The standard InChI is InChI=1S/C51H28N6/c52-29-32-20-23-49-43(24-32)44-27-35(31-54)50(57-47-18-7-3-14-41(47)42-15-4-8-19-48(42)57)28-51(44)56(49)36-11-9-10-33(25-36)38-22-21-37(26-34(38)30-53)55-45-16-5-1-12-39(45)40-13-2-6-17-46(40)55/h1-28H. The van der Waals surface area contributed by atoms with Crippen LogP contribution in [-0.2, 0) is 0 Å². The third-order valence-electron chi connectivity index (χ3n) is 11.3. The SMILES string of the molecule is N#Cc1ccc2c(c1)c1cc(C#N)c(-n3c4ccccc4c4ccccc43)cc1n2-c1cccc(-c2ccc(-n3c4ccccc4c4ccccc43)cc2C#N)c1. The minimum atomic E-state index is 0.533. The topological polar surface area (TPSA) is 86.2 Å². The van der Waals surface area contributed by atoms with Gasteiger partial charge >= 0.3 is 0 Å². The van der Waals surface area contributed by atoms with Gasteiger partial charge < -0.3 is 13.7 Å². The van der Waals surface area contributed by atoms with Crippen LogP contribution in [0, 0.1) is 34.0 Å². The summed E-state index contributed by atoms with van der Waals surface area (Å²) in [5.74, 6) is 0.